The van der Waals surface area contributed by atoms with E-state index < -0.39 is 0 Å². The van der Waals surface area contributed by atoms with Crippen molar-refractivity contribution in [3.05, 3.63) is 119 Å². The van der Waals surface area contributed by atoms with E-state index in [9.17, 15) is 9.59 Å². The van der Waals surface area contributed by atoms with E-state index in [0.717, 1.165) is 23.4 Å². The first-order valence-corrected chi connectivity index (χ1v) is 13.3. The quantitative estimate of drug-likeness (QED) is 0.263. The third-order valence-corrected chi connectivity index (χ3v) is 7.84. The van der Waals surface area contributed by atoms with Crippen LogP contribution in [-0.4, -0.2) is 26.0 Å². The number of carbonyl (C=O) groups excluding carboxylic acids is 2. The highest BCUT2D eigenvalue weighted by Crippen LogP contribution is 2.53. The normalized spacial score (nSPS) is 17.0. The van der Waals surface area contributed by atoms with E-state index in [2.05, 4.69) is 55.7 Å². The summed E-state index contributed by atoms with van der Waals surface area (Å²) in [5, 5.41) is 6.04. The molecule has 1 aliphatic rings. The van der Waals surface area contributed by atoms with Gasteiger partial charge in [0.05, 0.1) is 14.2 Å². The lowest BCUT2D eigenvalue weighted by Gasteiger charge is -2.29. The van der Waals surface area contributed by atoms with E-state index in [4.69, 9.17) is 9.47 Å². The molecule has 0 radical (unpaired) electrons. The molecule has 2 amide bonds. The second kappa shape index (κ2) is 10.5. The molecule has 0 bridgehead atoms. The molecular formula is C34H34N2O4. The second-order valence-electron chi connectivity index (χ2n) is 11.1. The number of carbonyl (C=O) groups is 2. The van der Waals surface area contributed by atoms with Crippen molar-refractivity contribution >= 4 is 23.2 Å². The smallest absolute Gasteiger partial charge is 0.255 e. The molecule has 0 saturated carbocycles. The SMILES string of the molecule is COc1cccc(C(=O)Nc2ccc(C3(C)CC(C)(C)c4ccc(NC(=O)c5cccc(OC)c5)cc43)cc2)c1. The summed E-state index contributed by atoms with van der Waals surface area (Å²) in [6.07, 6.45) is 0.915. The summed E-state index contributed by atoms with van der Waals surface area (Å²) in [5.41, 5.74) is 5.83. The lowest BCUT2D eigenvalue weighted by atomic mass is 9.75. The van der Waals surface area contributed by atoms with E-state index in [1.165, 1.54) is 11.1 Å². The van der Waals surface area contributed by atoms with Crippen LogP contribution in [0.25, 0.3) is 0 Å². The summed E-state index contributed by atoms with van der Waals surface area (Å²) < 4.78 is 10.5. The van der Waals surface area contributed by atoms with Crippen molar-refractivity contribution in [1.82, 2.24) is 0 Å². The Morgan fingerprint density at radius 3 is 1.73 bits per heavy atom. The highest BCUT2D eigenvalue weighted by atomic mass is 16.5. The predicted molar refractivity (Wildman–Crippen MR) is 159 cm³/mol. The minimum absolute atomic E-state index is 0.0430. The lowest BCUT2D eigenvalue weighted by Crippen LogP contribution is -2.23. The molecule has 40 heavy (non-hydrogen) atoms. The Hall–Kier alpha value is -4.58. The Morgan fingerprint density at radius 2 is 1.18 bits per heavy atom. The van der Waals surface area contributed by atoms with Gasteiger partial charge in [-0.25, -0.2) is 0 Å². The Kier molecular flexibility index (Phi) is 7.11. The molecule has 204 valence electrons. The predicted octanol–water partition coefficient (Wildman–Crippen LogP) is 7.20. The zero-order chi connectivity index (χ0) is 28.5. The Morgan fingerprint density at radius 1 is 0.650 bits per heavy atom. The van der Waals surface area contributed by atoms with Crippen LogP contribution >= 0.6 is 0 Å². The molecule has 5 rings (SSSR count). The number of hydrogen-bond acceptors (Lipinski definition) is 4. The first-order chi connectivity index (χ1) is 19.1. The number of benzene rings is 4. The Balaban J connectivity index is 1.39. The standard InChI is InChI=1S/C34H34N2O4/c1-33(2)21-34(3,24-12-14-25(15-13-24)35-31(37)22-8-6-10-27(18-22)39-4)30-20-26(16-17-29(30)33)36-32(38)23-9-7-11-28(19-23)40-5/h6-20H,21H2,1-5H3,(H,35,37)(H,36,38). The van der Waals surface area contributed by atoms with Crippen molar-refractivity contribution in [3.63, 3.8) is 0 Å². The van der Waals surface area contributed by atoms with Gasteiger partial charge in [0.2, 0.25) is 0 Å². The minimum atomic E-state index is -0.273. The number of amides is 2. The zero-order valence-electron chi connectivity index (χ0n) is 23.5. The Bertz CT molecular complexity index is 1580. The van der Waals surface area contributed by atoms with Crippen molar-refractivity contribution in [2.75, 3.05) is 24.9 Å². The van der Waals surface area contributed by atoms with Crippen molar-refractivity contribution in [3.8, 4) is 11.5 Å². The molecule has 0 heterocycles. The van der Waals surface area contributed by atoms with E-state index in [0.29, 0.717) is 22.6 Å². The largest absolute Gasteiger partial charge is 0.497 e. The molecule has 1 atom stereocenters. The van der Waals surface area contributed by atoms with Gasteiger partial charge in [-0.15, -0.1) is 0 Å². The van der Waals surface area contributed by atoms with Crippen LogP contribution in [0.1, 0.15) is 64.6 Å². The van der Waals surface area contributed by atoms with Gasteiger partial charge in [0.1, 0.15) is 11.5 Å². The minimum Gasteiger partial charge on any atom is -0.497 e. The number of ether oxygens (including phenoxy) is 2. The van der Waals surface area contributed by atoms with Gasteiger partial charge < -0.3 is 20.1 Å². The molecule has 6 heteroatoms. The third-order valence-electron chi connectivity index (χ3n) is 7.84. The van der Waals surface area contributed by atoms with Crippen molar-refractivity contribution in [2.24, 2.45) is 0 Å². The molecule has 2 N–H and O–H groups in total. The molecule has 1 unspecified atom stereocenters. The van der Waals surface area contributed by atoms with Crippen molar-refractivity contribution in [1.29, 1.82) is 0 Å². The molecule has 0 aliphatic heterocycles. The number of methoxy groups -OCH3 is 2. The molecule has 0 spiro atoms. The van der Waals surface area contributed by atoms with Gasteiger partial charge in [-0.1, -0.05) is 51.1 Å². The van der Waals surface area contributed by atoms with E-state index >= 15 is 0 Å². The first kappa shape index (κ1) is 27.0. The molecular weight excluding hydrogens is 500 g/mol. The maximum absolute atomic E-state index is 13.0. The lowest BCUT2D eigenvalue weighted by molar-refractivity contribution is 0.101. The monoisotopic (exact) mass is 534 g/mol. The number of anilines is 2. The molecule has 0 aromatic heterocycles. The first-order valence-electron chi connectivity index (χ1n) is 13.3. The second-order valence-corrected chi connectivity index (χ2v) is 11.1. The van der Waals surface area contributed by atoms with Gasteiger partial charge in [-0.2, -0.15) is 0 Å². The van der Waals surface area contributed by atoms with Gasteiger partial charge >= 0.3 is 0 Å². The van der Waals surface area contributed by atoms with Gasteiger partial charge in [-0.05, 0) is 89.2 Å². The topological polar surface area (TPSA) is 76.7 Å². The van der Waals surface area contributed by atoms with E-state index in [1.54, 1.807) is 50.6 Å². The van der Waals surface area contributed by atoms with Crippen molar-refractivity contribution < 1.29 is 19.1 Å². The number of rotatable bonds is 7. The van der Waals surface area contributed by atoms with Crippen LogP contribution in [0.5, 0.6) is 11.5 Å². The van der Waals surface area contributed by atoms with Crippen molar-refractivity contribution in [2.45, 2.75) is 38.0 Å². The van der Waals surface area contributed by atoms with Crippen LogP contribution in [0.3, 0.4) is 0 Å². The average Bonchev–Trinajstić information content (AvgIpc) is 3.18. The number of hydrogen-bond donors (Lipinski definition) is 2. The third kappa shape index (κ3) is 5.17. The van der Waals surface area contributed by atoms with Gasteiger partial charge in [0.15, 0.2) is 0 Å². The van der Waals surface area contributed by atoms with Gasteiger partial charge in [-0.3, -0.25) is 9.59 Å². The van der Waals surface area contributed by atoms with Crippen LogP contribution in [0.15, 0.2) is 91.0 Å². The molecule has 1 aliphatic carbocycles. The summed E-state index contributed by atoms with van der Waals surface area (Å²) in [6.45, 7) is 6.76. The van der Waals surface area contributed by atoms with Crippen LogP contribution in [0.4, 0.5) is 11.4 Å². The van der Waals surface area contributed by atoms with E-state index in [1.807, 2.05) is 30.3 Å². The fourth-order valence-corrected chi connectivity index (χ4v) is 5.86. The summed E-state index contributed by atoms with van der Waals surface area (Å²) in [5.74, 6) is 0.895. The molecule has 0 fully saturated rings. The van der Waals surface area contributed by atoms with E-state index in [-0.39, 0.29) is 22.6 Å². The average molecular weight is 535 g/mol. The summed E-state index contributed by atoms with van der Waals surface area (Å²) in [6, 6.07) is 28.4. The van der Waals surface area contributed by atoms with Crippen LogP contribution in [-0.2, 0) is 10.8 Å². The zero-order valence-corrected chi connectivity index (χ0v) is 23.5. The maximum Gasteiger partial charge on any atom is 0.255 e. The molecule has 6 nitrogen and oxygen atoms in total. The summed E-state index contributed by atoms with van der Waals surface area (Å²) in [4.78, 5) is 25.8. The summed E-state index contributed by atoms with van der Waals surface area (Å²) >= 11 is 0. The van der Waals surface area contributed by atoms with Crippen LogP contribution in [0, 0.1) is 0 Å². The molecule has 0 saturated heterocycles. The number of nitrogens with one attached hydrogen (secondary N) is 2. The Labute approximate surface area is 235 Å². The number of fused-ring (bicyclic) bond motifs is 1. The summed E-state index contributed by atoms with van der Waals surface area (Å²) in [7, 11) is 3.16. The molecule has 4 aromatic carbocycles. The van der Waals surface area contributed by atoms with Gasteiger partial charge in [0, 0.05) is 27.9 Å². The fraction of sp³-hybridized carbons (Fsp3) is 0.235. The highest BCUT2D eigenvalue weighted by molar-refractivity contribution is 6.05. The maximum atomic E-state index is 13.0. The van der Waals surface area contributed by atoms with Crippen LogP contribution < -0.4 is 20.1 Å². The highest BCUT2D eigenvalue weighted by Gasteiger charge is 2.45. The fourth-order valence-electron chi connectivity index (χ4n) is 5.86. The molecule has 4 aromatic rings. The van der Waals surface area contributed by atoms with Crippen LogP contribution in [0.2, 0.25) is 0 Å². The van der Waals surface area contributed by atoms with Gasteiger partial charge in [0.25, 0.3) is 11.8 Å².